The Balaban J connectivity index is 1.64. The molecule has 0 heterocycles. The van der Waals surface area contributed by atoms with Gasteiger partial charge in [-0.2, -0.15) is 0 Å². The highest BCUT2D eigenvalue weighted by Gasteiger charge is 2.03. The number of carbonyl (C=O) groups excluding carboxylic acids is 2. The summed E-state index contributed by atoms with van der Waals surface area (Å²) in [6.07, 6.45) is 0. The monoisotopic (exact) mass is 342 g/mol. The van der Waals surface area contributed by atoms with Gasteiger partial charge in [0.1, 0.15) is 18.1 Å². The molecule has 2 rings (SSSR count). The number of rotatable bonds is 9. The maximum atomic E-state index is 11.8. The van der Waals surface area contributed by atoms with Crippen molar-refractivity contribution in [2.45, 2.75) is 6.92 Å². The predicted molar refractivity (Wildman–Crippen MR) is 96.4 cm³/mol. The molecule has 0 bridgehead atoms. The molecule has 132 valence electrons. The van der Waals surface area contributed by atoms with Crippen molar-refractivity contribution in [1.29, 1.82) is 0 Å². The highest BCUT2D eigenvalue weighted by molar-refractivity contribution is 5.94. The van der Waals surface area contributed by atoms with Gasteiger partial charge in [0.15, 0.2) is 5.78 Å². The molecular weight excluding hydrogens is 320 g/mol. The number of ketones is 1. The molecule has 0 fully saturated rings. The Morgan fingerprint density at radius 3 is 2.20 bits per heavy atom. The minimum Gasteiger partial charge on any atom is -0.497 e. The maximum Gasteiger partial charge on any atom is 0.239 e. The average Bonchev–Trinajstić information content (AvgIpc) is 2.64. The molecule has 0 aliphatic carbocycles. The molecule has 25 heavy (non-hydrogen) atoms. The van der Waals surface area contributed by atoms with E-state index in [0.717, 1.165) is 17.2 Å². The van der Waals surface area contributed by atoms with Crippen LogP contribution in [0.4, 0.5) is 5.69 Å². The summed E-state index contributed by atoms with van der Waals surface area (Å²) in [5, 5.41) is 5.77. The molecule has 6 heteroatoms. The largest absolute Gasteiger partial charge is 0.497 e. The lowest BCUT2D eigenvalue weighted by molar-refractivity contribution is -0.119. The molecular formula is C19H22N2O4. The molecule has 6 nitrogen and oxygen atoms in total. The molecule has 0 aliphatic heterocycles. The first-order chi connectivity index (χ1) is 12.1. The van der Waals surface area contributed by atoms with Crippen LogP contribution < -0.4 is 20.1 Å². The van der Waals surface area contributed by atoms with Gasteiger partial charge in [-0.15, -0.1) is 0 Å². The number of amides is 1. The number of anilines is 1. The zero-order chi connectivity index (χ0) is 18.1. The Labute approximate surface area is 147 Å². The maximum absolute atomic E-state index is 11.8. The summed E-state index contributed by atoms with van der Waals surface area (Å²) in [6, 6.07) is 14.3. The molecule has 2 N–H and O–H groups in total. The molecule has 0 aromatic heterocycles. The fraction of sp³-hybridized carbons (Fsp3) is 0.263. The van der Waals surface area contributed by atoms with E-state index in [-0.39, 0.29) is 18.2 Å². The minimum atomic E-state index is -0.131. The van der Waals surface area contributed by atoms with Crippen LogP contribution in [0.5, 0.6) is 11.5 Å². The highest BCUT2D eigenvalue weighted by Crippen LogP contribution is 2.16. The van der Waals surface area contributed by atoms with Crippen LogP contribution in [0.3, 0.4) is 0 Å². The first-order valence-electron chi connectivity index (χ1n) is 7.97. The van der Waals surface area contributed by atoms with Gasteiger partial charge < -0.3 is 20.1 Å². The number of hydrogen-bond acceptors (Lipinski definition) is 5. The molecule has 2 aromatic rings. The topological polar surface area (TPSA) is 76.7 Å². The summed E-state index contributed by atoms with van der Waals surface area (Å²) in [6.45, 7) is 2.47. The zero-order valence-electron chi connectivity index (χ0n) is 14.4. The van der Waals surface area contributed by atoms with Gasteiger partial charge in [-0.3, -0.25) is 9.59 Å². The first kappa shape index (κ1) is 18.3. The summed E-state index contributed by atoms with van der Waals surface area (Å²) in [5.41, 5.74) is 1.43. The quantitative estimate of drug-likeness (QED) is 0.541. The van der Waals surface area contributed by atoms with E-state index in [1.807, 2.05) is 24.3 Å². The number of benzene rings is 2. The SMILES string of the molecule is COc1ccc(OCCNC(=O)CNc2ccc(C(C)=O)cc2)cc1. The van der Waals surface area contributed by atoms with Gasteiger partial charge >= 0.3 is 0 Å². The Kier molecular flexibility index (Phi) is 6.83. The Bertz CT molecular complexity index is 696. The molecule has 0 saturated heterocycles. The minimum absolute atomic E-state index is 0.0150. The van der Waals surface area contributed by atoms with Crippen LogP contribution in [0.2, 0.25) is 0 Å². The van der Waals surface area contributed by atoms with E-state index in [9.17, 15) is 9.59 Å². The third-order valence-electron chi connectivity index (χ3n) is 3.50. The number of carbonyl (C=O) groups is 2. The molecule has 2 aromatic carbocycles. The van der Waals surface area contributed by atoms with Crippen LogP contribution in [0.25, 0.3) is 0 Å². The molecule has 0 unspecified atom stereocenters. The van der Waals surface area contributed by atoms with Crippen LogP contribution in [0.15, 0.2) is 48.5 Å². The standard InChI is InChI=1S/C19H22N2O4/c1-14(22)15-3-5-16(6-4-15)21-13-19(23)20-11-12-25-18-9-7-17(24-2)8-10-18/h3-10,21H,11-13H2,1-2H3,(H,20,23). The van der Waals surface area contributed by atoms with E-state index in [0.29, 0.717) is 18.7 Å². The van der Waals surface area contributed by atoms with Gasteiger partial charge in [-0.05, 0) is 55.5 Å². The second kappa shape index (κ2) is 9.32. The van der Waals surface area contributed by atoms with Crippen LogP contribution in [-0.4, -0.2) is 38.5 Å². The van der Waals surface area contributed by atoms with Gasteiger partial charge in [0.05, 0.1) is 20.2 Å². The third kappa shape index (κ3) is 6.18. The van der Waals surface area contributed by atoms with E-state index < -0.39 is 0 Å². The van der Waals surface area contributed by atoms with Gasteiger partial charge in [-0.25, -0.2) is 0 Å². The van der Waals surface area contributed by atoms with Crippen LogP contribution in [-0.2, 0) is 4.79 Å². The number of ether oxygens (including phenoxy) is 2. The summed E-state index contributed by atoms with van der Waals surface area (Å²) in [4.78, 5) is 23.0. The second-order valence-electron chi connectivity index (χ2n) is 5.36. The number of hydrogen-bond donors (Lipinski definition) is 2. The molecule has 0 saturated carbocycles. The third-order valence-corrected chi connectivity index (χ3v) is 3.50. The van der Waals surface area contributed by atoms with E-state index in [1.165, 1.54) is 6.92 Å². The average molecular weight is 342 g/mol. The van der Waals surface area contributed by atoms with Crippen LogP contribution >= 0.6 is 0 Å². The number of nitrogens with one attached hydrogen (secondary N) is 2. The van der Waals surface area contributed by atoms with Crippen molar-refractivity contribution in [3.63, 3.8) is 0 Å². The van der Waals surface area contributed by atoms with Gasteiger partial charge in [0, 0.05) is 11.3 Å². The van der Waals surface area contributed by atoms with Crippen molar-refractivity contribution < 1.29 is 19.1 Å². The van der Waals surface area contributed by atoms with E-state index >= 15 is 0 Å². The van der Waals surface area contributed by atoms with Crippen molar-refractivity contribution in [2.75, 3.05) is 32.1 Å². The first-order valence-corrected chi connectivity index (χ1v) is 7.97. The smallest absolute Gasteiger partial charge is 0.239 e. The fourth-order valence-electron chi connectivity index (χ4n) is 2.10. The molecule has 0 atom stereocenters. The van der Waals surface area contributed by atoms with Crippen molar-refractivity contribution in [2.24, 2.45) is 0 Å². The molecule has 0 spiro atoms. The molecule has 0 aliphatic rings. The number of Topliss-reactive ketones (excluding diaryl/α,β-unsaturated/α-hetero) is 1. The Hall–Kier alpha value is -3.02. The molecule has 1 amide bonds. The van der Waals surface area contributed by atoms with Gasteiger partial charge in [0.25, 0.3) is 0 Å². The summed E-state index contributed by atoms with van der Waals surface area (Å²) < 4.78 is 10.6. The van der Waals surface area contributed by atoms with Crippen molar-refractivity contribution >= 4 is 17.4 Å². The Morgan fingerprint density at radius 1 is 0.960 bits per heavy atom. The van der Waals surface area contributed by atoms with E-state index in [4.69, 9.17) is 9.47 Å². The lowest BCUT2D eigenvalue weighted by Crippen LogP contribution is -2.33. The predicted octanol–water partition coefficient (Wildman–Crippen LogP) is 2.50. The van der Waals surface area contributed by atoms with Crippen molar-refractivity contribution in [3.05, 3.63) is 54.1 Å². The van der Waals surface area contributed by atoms with E-state index in [1.54, 1.807) is 31.4 Å². The zero-order valence-corrected chi connectivity index (χ0v) is 14.4. The lowest BCUT2D eigenvalue weighted by Gasteiger charge is -2.10. The van der Waals surface area contributed by atoms with E-state index in [2.05, 4.69) is 10.6 Å². The molecule has 0 radical (unpaired) electrons. The summed E-state index contributed by atoms with van der Waals surface area (Å²) >= 11 is 0. The van der Waals surface area contributed by atoms with Gasteiger partial charge in [-0.1, -0.05) is 0 Å². The van der Waals surface area contributed by atoms with Crippen molar-refractivity contribution in [3.8, 4) is 11.5 Å². The van der Waals surface area contributed by atoms with Gasteiger partial charge in [0.2, 0.25) is 5.91 Å². The number of methoxy groups -OCH3 is 1. The Morgan fingerprint density at radius 2 is 1.60 bits per heavy atom. The van der Waals surface area contributed by atoms with Crippen LogP contribution in [0.1, 0.15) is 17.3 Å². The summed E-state index contributed by atoms with van der Waals surface area (Å²) in [5.74, 6) is 1.37. The fourth-order valence-corrected chi connectivity index (χ4v) is 2.10. The summed E-state index contributed by atoms with van der Waals surface area (Å²) in [7, 11) is 1.61. The second-order valence-corrected chi connectivity index (χ2v) is 5.36. The normalized spacial score (nSPS) is 10.0. The van der Waals surface area contributed by atoms with Crippen LogP contribution in [0, 0.1) is 0 Å². The van der Waals surface area contributed by atoms with Crippen molar-refractivity contribution in [1.82, 2.24) is 5.32 Å². The highest BCUT2D eigenvalue weighted by atomic mass is 16.5. The lowest BCUT2D eigenvalue weighted by atomic mass is 10.1.